The van der Waals surface area contributed by atoms with Crippen molar-refractivity contribution >= 4 is 33.5 Å². The highest BCUT2D eigenvalue weighted by Crippen LogP contribution is 2.15. The number of rotatable bonds is 6. The van der Waals surface area contributed by atoms with Crippen molar-refractivity contribution in [2.45, 2.75) is 19.6 Å². The van der Waals surface area contributed by atoms with Crippen molar-refractivity contribution in [2.75, 3.05) is 5.32 Å². The van der Waals surface area contributed by atoms with Crippen LogP contribution in [-0.2, 0) is 16.1 Å². The third-order valence-corrected chi connectivity index (χ3v) is 4.03. The maximum absolute atomic E-state index is 12.1. The molecule has 2 aromatic heterocycles. The molecule has 134 valence electrons. The minimum atomic E-state index is -0.967. The number of esters is 1. The fraction of sp³-hybridized carbons (Fsp3) is 0.167. The highest BCUT2D eigenvalue weighted by Gasteiger charge is 2.21. The van der Waals surface area contributed by atoms with Crippen molar-refractivity contribution in [3.8, 4) is 0 Å². The number of ether oxygens (including phenoxy) is 1. The number of hydrogen-bond acceptors (Lipinski definition) is 5. The van der Waals surface area contributed by atoms with Crippen LogP contribution in [0.4, 0.5) is 5.69 Å². The first-order valence-corrected chi connectivity index (χ1v) is 8.64. The van der Waals surface area contributed by atoms with Gasteiger partial charge < -0.3 is 14.5 Å². The maximum Gasteiger partial charge on any atom is 0.375 e. The van der Waals surface area contributed by atoms with Crippen molar-refractivity contribution in [1.29, 1.82) is 0 Å². The fourth-order valence-electron chi connectivity index (χ4n) is 2.18. The van der Waals surface area contributed by atoms with E-state index in [1.807, 2.05) is 0 Å². The van der Waals surface area contributed by atoms with Gasteiger partial charge in [-0.3, -0.25) is 9.48 Å². The van der Waals surface area contributed by atoms with Crippen LogP contribution in [0.1, 0.15) is 23.2 Å². The second-order valence-corrected chi connectivity index (χ2v) is 6.43. The standard InChI is InChI=1S/C18H16BrN3O4/c1-12(17(23)21-14-5-3-13(19)4-6-14)25-18(24)16-8-7-15(26-16)11-22-10-2-9-20-22/h2-10,12H,11H2,1H3,(H,21,23). The van der Waals surface area contributed by atoms with E-state index in [4.69, 9.17) is 9.15 Å². The molecule has 1 atom stereocenters. The van der Waals surface area contributed by atoms with Gasteiger partial charge in [0.15, 0.2) is 6.10 Å². The number of benzene rings is 1. The number of furan rings is 1. The van der Waals surface area contributed by atoms with Crippen molar-refractivity contribution in [2.24, 2.45) is 0 Å². The molecule has 0 fully saturated rings. The number of aromatic nitrogens is 2. The Morgan fingerprint density at radius 1 is 1.27 bits per heavy atom. The smallest absolute Gasteiger partial charge is 0.375 e. The molecule has 1 amide bonds. The largest absolute Gasteiger partial charge is 0.452 e. The van der Waals surface area contributed by atoms with Crippen LogP contribution in [0.5, 0.6) is 0 Å². The molecule has 0 spiro atoms. The Morgan fingerprint density at radius 3 is 2.73 bits per heavy atom. The van der Waals surface area contributed by atoms with Gasteiger partial charge in [0.2, 0.25) is 5.76 Å². The third kappa shape index (κ3) is 4.60. The van der Waals surface area contributed by atoms with E-state index in [1.54, 1.807) is 53.5 Å². The Morgan fingerprint density at radius 2 is 2.04 bits per heavy atom. The van der Waals surface area contributed by atoms with Gasteiger partial charge in [0.1, 0.15) is 5.76 Å². The lowest BCUT2D eigenvalue weighted by Gasteiger charge is -2.12. The second-order valence-electron chi connectivity index (χ2n) is 5.51. The molecule has 0 radical (unpaired) electrons. The van der Waals surface area contributed by atoms with Crippen molar-refractivity contribution in [3.63, 3.8) is 0 Å². The lowest BCUT2D eigenvalue weighted by Crippen LogP contribution is -2.29. The molecule has 1 unspecified atom stereocenters. The minimum Gasteiger partial charge on any atom is -0.452 e. The van der Waals surface area contributed by atoms with E-state index in [0.717, 1.165) is 4.47 Å². The minimum absolute atomic E-state index is 0.0375. The average Bonchev–Trinajstić information content (AvgIpc) is 3.29. The summed E-state index contributed by atoms with van der Waals surface area (Å²) in [7, 11) is 0. The van der Waals surface area contributed by atoms with E-state index in [1.165, 1.54) is 13.0 Å². The molecule has 3 rings (SSSR count). The zero-order chi connectivity index (χ0) is 18.5. The van der Waals surface area contributed by atoms with E-state index in [9.17, 15) is 9.59 Å². The van der Waals surface area contributed by atoms with E-state index in [2.05, 4.69) is 26.3 Å². The van der Waals surface area contributed by atoms with Crippen molar-refractivity contribution in [1.82, 2.24) is 9.78 Å². The molecule has 1 aromatic carbocycles. The predicted molar refractivity (Wildman–Crippen MR) is 97.7 cm³/mol. The Hall–Kier alpha value is -2.87. The maximum atomic E-state index is 12.1. The van der Waals surface area contributed by atoms with Crippen LogP contribution in [0.15, 0.2) is 63.7 Å². The first kappa shape index (κ1) is 17.9. The van der Waals surface area contributed by atoms with Gasteiger partial charge >= 0.3 is 5.97 Å². The SMILES string of the molecule is CC(OC(=O)c1ccc(Cn2cccn2)o1)C(=O)Nc1ccc(Br)cc1. The van der Waals surface area contributed by atoms with Crippen LogP contribution < -0.4 is 5.32 Å². The fourth-order valence-corrected chi connectivity index (χ4v) is 2.44. The average molecular weight is 418 g/mol. The Kier molecular flexibility index (Phi) is 5.52. The van der Waals surface area contributed by atoms with Crippen LogP contribution in [0, 0.1) is 0 Å². The lowest BCUT2D eigenvalue weighted by atomic mass is 10.3. The van der Waals surface area contributed by atoms with Gasteiger partial charge in [-0.2, -0.15) is 5.10 Å². The quantitative estimate of drug-likeness (QED) is 0.620. The molecule has 0 aliphatic carbocycles. The van der Waals surface area contributed by atoms with Crippen LogP contribution in [0.3, 0.4) is 0 Å². The van der Waals surface area contributed by atoms with Gasteiger partial charge in [0, 0.05) is 22.6 Å². The number of halogens is 1. The lowest BCUT2D eigenvalue weighted by molar-refractivity contribution is -0.123. The molecule has 0 aliphatic rings. The van der Waals surface area contributed by atoms with Crippen molar-refractivity contribution in [3.05, 3.63) is 70.9 Å². The van der Waals surface area contributed by atoms with Crippen LogP contribution >= 0.6 is 15.9 Å². The highest BCUT2D eigenvalue weighted by atomic mass is 79.9. The van der Waals surface area contributed by atoms with Crippen molar-refractivity contribution < 1.29 is 18.7 Å². The molecule has 7 nitrogen and oxygen atoms in total. The summed E-state index contributed by atoms with van der Waals surface area (Å²) in [5.74, 6) is -0.526. The first-order valence-electron chi connectivity index (χ1n) is 7.85. The third-order valence-electron chi connectivity index (χ3n) is 3.50. The number of amides is 1. The monoisotopic (exact) mass is 417 g/mol. The number of carbonyl (C=O) groups excluding carboxylic acids is 2. The summed E-state index contributed by atoms with van der Waals surface area (Å²) < 4.78 is 13.2. The van der Waals surface area contributed by atoms with Gasteiger partial charge in [0.25, 0.3) is 5.91 Å². The summed E-state index contributed by atoms with van der Waals surface area (Å²) in [4.78, 5) is 24.3. The predicted octanol–water partition coefficient (Wildman–Crippen LogP) is 3.47. The molecule has 8 heteroatoms. The first-order chi connectivity index (χ1) is 12.5. The Balaban J connectivity index is 1.55. The molecule has 0 aliphatic heterocycles. The van der Waals surface area contributed by atoms with E-state index in [0.29, 0.717) is 18.0 Å². The van der Waals surface area contributed by atoms with Gasteiger partial charge in [-0.1, -0.05) is 15.9 Å². The zero-order valence-corrected chi connectivity index (χ0v) is 15.5. The summed E-state index contributed by atoms with van der Waals surface area (Å²) >= 11 is 3.32. The van der Waals surface area contributed by atoms with E-state index in [-0.39, 0.29) is 5.76 Å². The molecule has 0 saturated heterocycles. The molecular formula is C18H16BrN3O4. The topological polar surface area (TPSA) is 86.4 Å². The van der Waals surface area contributed by atoms with Crippen LogP contribution in [0.25, 0.3) is 0 Å². The number of hydrogen-bond donors (Lipinski definition) is 1. The van der Waals surface area contributed by atoms with Gasteiger partial charge in [-0.25, -0.2) is 4.79 Å². The van der Waals surface area contributed by atoms with Gasteiger partial charge in [-0.15, -0.1) is 0 Å². The van der Waals surface area contributed by atoms with Crippen LogP contribution in [-0.4, -0.2) is 27.8 Å². The normalized spacial score (nSPS) is 11.8. The van der Waals surface area contributed by atoms with Gasteiger partial charge in [-0.05, 0) is 49.4 Å². The Bertz CT molecular complexity index is 888. The van der Waals surface area contributed by atoms with E-state index >= 15 is 0 Å². The van der Waals surface area contributed by atoms with E-state index < -0.39 is 18.0 Å². The summed E-state index contributed by atoms with van der Waals surface area (Å²) in [5, 5.41) is 6.75. The number of anilines is 1. The Labute approximate surface area is 158 Å². The van der Waals surface area contributed by atoms with Crippen LogP contribution in [0.2, 0.25) is 0 Å². The molecule has 0 bridgehead atoms. The summed E-state index contributed by atoms with van der Waals surface area (Å²) in [6, 6.07) is 12.1. The number of nitrogens with one attached hydrogen (secondary N) is 1. The molecular weight excluding hydrogens is 402 g/mol. The summed E-state index contributed by atoms with van der Waals surface area (Å²) in [6.45, 7) is 1.90. The summed E-state index contributed by atoms with van der Waals surface area (Å²) in [6.07, 6.45) is 2.48. The van der Waals surface area contributed by atoms with Gasteiger partial charge in [0.05, 0.1) is 6.54 Å². The molecule has 1 N–H and O–H groups in total. The molecule has 0 saturated carbocycles. The number of nitrogens with zero attached hydrogens (tertiary/aromatic N) is 2. The highest BCUT2D eigenvalue weighted by molar-refractivity contribution is 9.10. The zero-order valence-electron chi connectivity index (χ0n) is 13.9. The summed E-state index contributed by atoms with van der Waals surface area (Å²) in [5.41, 5.74) is 0.612. The second kappa shape index (κ2) is 8.01. The molecule has 26 heavy (non-hydrogen) atoms. The number of carbonyl (C=O) groups is 2. The molecule has 2 heterocycles. The molecule has 3 aromatic rings.